The first kappa shape index (κ1) is 38.2. The van der Waals surface area contributed by atoms with Crippen molar-refractivity contribution in [2.45, 2.75) is 63.9 Å². The Balaban J connectivity index is 1.59. The SMILES string of the molecule is CC(=O)Oc1cc(CO)c2c(c1C=Cc1ccccc1)C(=O)c1cc(O[C@H]3O[C@H](C)[C@@H](O)C(O)(O)[C@H]3O)c(Cc3cccc(CO)c3C=O)c(O)c1C2=O. The minimum Gasteiger partial charge on any atom is -0.507 e. The number of aliphatic hydroxyl groups excluding tert-OH is 4. The molecule has 1 aliphatic heterocycles. The Morgan fingerprint density at radius 1 is 0.833 bits per heavy atom. The number of fused-ring (bicyclic) bond motifs is 2. The molecule has 7 N–H and O–H groups in total. The van der Waals surface area contributed by atoms with Crippen LogP contribution >= 0.6 is 0 Å². The molecule has 14 heteroatoms. The second-order valence-electron chi connectivity index (χ2n) is 12.9. The molecule has 1 saturated heterocycles. The van der Waals surface area contributed by atoms with Gasteiger partial charge in [0.15, 0.2) is 24.0 Å². The molecule has 1 heterocycles. The summed E-state index contributed by atoms with van der Waals surface area (Å²) < 4.78 is 16.9. The maximum absolute atomic E-state index is 14.7. The van der Waals surface area contributed by atoms with Gasteiger partial charge in [0, 0.05) is 46.7 Å². The predicted octanol–water partition coefficient (Wildman–Crippen LogP) is 2.18. The topological polar surface area (TPSA) is 238 Å². The van der Waals surface area contributed by atoms with Gasteiger partial charge in [-0.3, -0.25) is 19.2 Å². The summed E-state index contributed by atoms with van der Waals surface area (Å²) in [5.41, 5.74) is -0.514. The zero-order valence-corrected chi connectivity index (χ0v) is 28.9. The number of ether oxygens (including phenoxy) is 3. The fourth-order valence-electron chi connectivity index (χ4n) is 6.72. The van der Waals surface area contributed by atoms with Crippen LogP contribution in [0, 0.1) is 0 Å². The largest absolute Gasteiger partial charge is 0.507 e. The lowest BCUT2D eigenvalue weighted by Crippen LogP contribution is -2.67. The molecule has 4 aromatic carbocycles. The van der Waals surface area contributed by atoms with Gasteiger partial charge >= 0.3 is 5.97 Å². The van der Waals surface area contributed by atoms with Gasteiger partial charge in [0.2, 0.25) is 12.1 Å². The summed E-state index contributed by atoms with van der Waals surface area (Å²) in [5.74, 6) is -6.97. The molecule has 1 aliphatic carbocycles. The van der Waals surface area contributed by atoms with Crippen LogP contribution in [0.15, 0.2) is 60.7 Å². The van der Waals surface area contributed by atoms with E-state index in [1.165, 1.54) is 37.3 Å². The minimum absolute atomic E-state index is 0.00641. The number of aldehydes is 1. The van der Waals surface area contributed by atoms with Crippen molar-refractivity contribution in [2.75, 3.05) is 0 Å². The number of hydrogen-bond acceptors (Lipinski definition) is 14. The van der Waals surface area contributed by atoms with Crippen LogP contribution in [0.2, 0.25) is 0 Å². The Morgan fingerprint density at radius 2 is 1.52 bits per heavy atom. The van der Waals surface area contributed by atoms with E-state index in [0.29, 0.717) is 11.8 Å². The normalized spacial score (nSPS) is 20.4. The summed E-state index contributed by atoms with van der Waals surface area (Å²) in [6, 6.07) is 15.8. The molecule has 280 valence electrons. The molecule has 4 aromatic rings. The molecule has 1 fully saturated rings. The Kier molecular flexibility index (Phi) is 10.6. The maximum atomic E-state index is 14.7. The fraction of sp³-hybridized carbons (Fsp3) is 0.250. The van der Waals surface area contributed by atoms with Crippen molar-refractivity contribution in [3.05, 3.63) is 122 Å². The van der Waals surface area contributed by atoms with Crippen LogP contribution in [0.1, 0.15) is 89.4 Å². The van der Waals surface area contributed by atoms with Crippen LogP contribution in [0.3, 0.4) is 0 Å². The highest BCUT2D eigenvalue weighted by atomic mass is 16.7. The average Bonchev–Trinajstić information content (AvgIpc) is 3.15. The molecule has 0 aromatic heterocycles. The van der Waals surface area contributed by atoms with Crippen LogP contribution in [0.5, 0.6) is 17.2 Å². The van der Waals surface area contributed by atoms with E-state index in [9.17, 15) is 54.9 Å². The Hall–Kier alpha value is -5.58. The van der Waals surface area contributed by atoms with Gasteiger partial charge in [-0.1, -0.05) is 54.6 Å². The molecule has 0 bridgehead atoms. The average molecular weight is 741 g/mol. The number of rotatable bonds is 10. The van der Waals surface area contributed by atoms with Gasteiger partial charge in [-0.2, -0.15) is 0 Å². The van der Waals surface area contributed by atoms with E-state index in [2.05, 4.69) is 0 Å². The van der Waals surface area contributed by atoms with E-state index < -0.39 is 83.8 Å². The number of ketones is 2. The van der Waals surface area contributed by atoms with Crippen molar-refractivity contribution >= 4 is 36.0 Å². The monoisotopic (exact) mass is 740 g/mol. The smallest absolute Gasteiger partial charge is 0.308 e. The molecule has 14 nitrogen and oxygen atoms in total. The van der Waals surface area contributed by atoms with Crippen LogP contribution in [0.25, 0.3) is 12.2 Å². The third-order valence-corrected chi connectivity index (χ3v) is 9.48. The van der Waals surface area contributed by atoms with Gasteiger partial charge < -0.3 is 50.0 Å². The van der Waals surface area contributed by atoms with E-state index in [0.717, 1.165) is 13.0 Å². The van der Waals surface area contributed by atoms with Gasteiger partial charge in [-0.15, -0.1) is 0 Å². The molecular weight excluding hydrogens is 704 g/mol. The van der Waals surface area contributed by atoms with Crippen molar-refractivity contribution in [1.82, 2.24) is 0 Å². The number of aliphatic hydroxyl groups is 6. The van der Waals surface area contributed by atoms with Crippen LogP contribution in [-0.2, 0) is 29.2 Å². The van der Waals surface area contributed by atoms with E-state index in [1.807, 2.05) is 0 Å². The second kappa shape index (κ2) is 15.0. The highest BCUT2D eigenvalue weighted by Gasteiger charge is 2.54. The Labute approximate surface area is 307 Å². The molecule has 0 unspecified atom stereocenters. The first-order valence-electron chi connectivity index (χ1n) is 16.7. The fourth-order valence-corrected chi connectivity index (χ4v) is 6.72. The van der Waals surface area contributed by atoms with Crippen LogP contribution < -0.4 is 9.47 Å². The summed E-state index contributed by atoms with van der Waals surface area (Å²) in [4.78, 5) is 53.5. The molecule has 6 rings (SSSR count). The predicted molar refractivity (Wildman–Crippen MR) is 189 cm³/mol. The molecule has 0 saturated carbocycles. The summed E-state index contributed by atoms with van der Waals surface area (Å²) in [6.07, 6.45) is -4.30. The third kappa shape index (κ3) is 6.71. The maximum Gasteiger partial charge on any atom is 0.308 e. The first-order chi connectivity index (χ1) is 25.7. The van der Waals surface area contributed by atoms with E-state index in [1.54, 1.807) is 36.4 Å². The van der Waals surface area contributed by atoms with Crippen molar-refractivity contribution in [3.8, 4) is 17.2 Å². The molecule has 0 amide bonds. The van der Waals surface area contributed by atoms with Crippen molar-refractivity contribution in [2.24, 2.45) is 0 Å². The Morgan fingerprint density at radius 3 is 2.17 bits per heavy atom. The van der Waals surface area contributed by atoms with Crippen LogP contribution in [-0.4, -0.2) is 90.0 Å². The van der Waals surface area contributed by atoms with Gasteiger partial charge in [0.05, 0.1) is 24.9 Å². The number of phenols is 1. The zero-order chi connectivity index (χ0) is 39.1. The Bertz CT molecular complexity index is 2190. The highest BCUT2D eigenvalue weighted by Crippen LogP contribution is 2.45. The molecule has 4 atom stereocenters. The second-order valence-corrected chi connectivity index (χ2v) is 12.9. The third-order valence-electron chi connectivity index (χ3n) is 9.48. The minimum atomic E-state index is -3.13. The zero-order valence-electron chi connectivity index (χ0n) is 28.9. The van der Waals surface area contributed by atoms with Gasteiger partial charge in [0.25, 0.3) is 0 Å². The number of aromatic hydroxyl groups is 1. The van der Waals surface area contributed by atoms with E-state index in [-0.39, 0.29) is 56.7 Å². The van der Waals surface area contributed by atoms with E-state index >= 15 is 0 Å². The van der Waals surface area contributed by atoms with Crippen molar-refractivity contribution < 1.29 is 69.1 Å². The summed E-state index contributed by atoms with van der Waals surface area (Å²) in [6.45, 7) is 1.13. The molecule has 2 aliphatic rings. The number of hydrogen-bond donors (Lipinski definition) is 7. The van der Waals surface area contributed by atoms with Crippen molar-refractivity contribution in [3.63, 3.8) is 0 Å². The van der Waals surface area contributed by atoms with Gasteiger partial charge in [-0.05, 0) is 47.4 Å². The van der Waals surface area contributed by atoms with Gasteiger partial charge in [-0.25, -0.2) is 0 Å². The summed E-state index contributed by atoms with van der Waals surface area (Å²) in [5, 5.41) is 74.3. The molecule has 0 radical (unpaired) electrons. The summed E-state index contributed by atoms with van der Waals surface area (Å²) >= 11 is 0. The number of carbonyl (C=O) groups is 4. The molecular formula is C40H36O14. The number of phenolic OH excluding ortho intramolecular Hbond substituents is 1. The van der Waals surface area contributed by atoms with Crippen molar-refractivity contribution in [1.29, 1.82) is 0 Å². The lowest BCUT2D eigenvalue weighted by Gasteiger charge is -2.44. The number of carbonyl (C=O) groups excluding carboxylic acids is 4. The molecule has 54 heavy (non-hydrogen) atoms. The van der Waals surface area contributed by atoms with E-state index in [4.69, 9.17) is 14.2 Å². The summed E-state index contributed by atoms with van der Waals surface area (Å²) in [7, 11) is 0. The lowest BCUT2D eigenvalue weighted by atomic mass is 9.77. The standard InChI is InChI=1S/C40H36O14/c1-19-37(48)40(50,51)38(49)39(52-19)54-30-15-27-33(34(45)26(30)13-22-9-6-10-23(16-41)28(22)18-43)36(47)31-24(17-42)14-29(53-20(2)44)25(32(31)35(27)46)12-11-21-7-4-3-5-8-21/h3-12,14-15,18-19,37-39,41-42,45,48-51H,13,16-17H2,1-2H3/t19-,37-,38+,39-/m1/s1. The number of esters is 1. The quantitative estimate of drug-likeness (QED) is 0.0357. The first-order valence-corrected chi connectivity index (χ1v) is 16.7. The lowest BCUT2D eigenvalue weighted by molar-refractivity contribution is -0.371. The molecule has 0 spiro atoms. The van der Waals surface area contributed by atoms with Crippen LogP contribution in [0.4, 0.5) is 0 Å². The van der Waals surface area contributed by atoms with Gasteiger partial charge in [0.1, 0.15) is 23.4 Å². The highest BCUT2D eigenvalue weighted by molar-refractivity contribution is 6.31. The number of benzene rings is 4.